The van der Waals surface area contributed by atoms with Gasteiger partial charge in [0, 0.05) is 43.8 Å². The van der Waals surface area contributed by atoms with E-state index in [4.69, 9.17) is 29.9 Å². The molecule has 9 rings (SSSR count). The maximum absolute atomic E-state index is 5.02. The maximum Gasteiger partial charge on any atom is 0.164 e. The number of hydrogen-bond donors (Lipinski definition) is 2. The van der Waals surface area contributed by atoms with Crippen LogP contribution in [0.3, 0.4) is 0 Å². The monoisotopic (exact) mass is 620 g/mol. The van der Waals surface area contributed by atoms with Crippen molar-refractivity contribution in [1.29, 1.82) is 0 Å². The van der Waals surface area contributed by atoms with Gasteiger partial charge in [-0.05, 0) is 0 Å². The third kappa shape index (κ3) is 3.88. The minimum Gasteiger partial charge on any atom is -0.324 e. The molecule has 2 N–H and O–H groups in total. The second kappa shape index (κ2) is 9.96. The van der Waals surface area contributed by atoms with Crippen molar-refractivity contribution >= 4 is 72.6 Å². The topological polar surface area (TPSA) is 109 Å². The van der Waals surface area contributed by atoms with Gasteiger partial charge in [-0.1, -0.05) is 97.1 Å². The van der Waals surface area contributed by atoms with E-state index in [1.54, 1.807) is 0 Å². The number of rotatable bonds is 0. The summed E-state index contributed by atoms with van der Waals surface area (Å²) >= 11 is 5.08. The molecule has 0 atom stereocenters. The number of halogens is 1. The van der Waals surface area contributed by atoms with Crippen LogP contribution in [0, 0.1) is 0 Å². The van der Waals surface area contributed by atoms with Gasteiger partial charge in [0.25, 0.3) is 0 Å². The average Bonchev–Trinajstić information content (AvgIpc) is 3.78. The molecule has 194 valence electrons. The Balaban J connectivity index is 0.00000131. The fourth-order valence-electron chi connectivity index (χ4n) is 5.59. The first kappa shape index (κ1) is 25.0. The second-order valence-electron chi connectivity index (χ2n) is 9.79. The molecule has 0 unspecified atom stereocenters. The van der Waals surface area contributed by atoms with Crippen LogP contribution < -0.4 is 0 Å². The van der Waals surface area contributed by atoms with Gasteiger partial charge in [0.15, 0.2) is 23.3 Å². The molecule has 0 spiro atoms. The fraction of sp³-hybridized carbons (Fsp3) is 0. The van der Waals surface area contributed by atoms with E-state index >= 15 is 0 Å². The molecular weight excluding hydrogens is 603 g/mol. The summed E-state index contributed by atoms with van der Waals surface area (Å²) in [5.41, 5.74) is 6.45. The van der Waals surface area contributed by atoms with Crippen molar-refractivity contribution in [3.05, 3.63) is 97.1 Å². The molecule has 7 aromatic rings. The van der Waals surface area contributed by atoms with Crippen molar-refractivity contribution in [3.8, 4) is 45.6 Å². The summed E-state index contributed by atoms with van der Waals surface area (Å²) in [6.45, 7) is 0. The summed E-state index contributed by atoms with van der Waals surface area (Å²) in [6.07, 6.45) is 0. The van der Waals surface area contributed by atoms with E-state index in [0.29, 0.717) is 45.9 Å². The van der Waals surface area contributed by atoms with Crippen molar-refractivity contribution in [3.63, 3.8) is 0 Å². The van der Waals surface area contributed by atoms with Gasteiger partial charge in [0.2, 0.25) is 0 Å². The van der Waals surface area contributed by atoms with Gasteiger partial charge in [0.1, 0.15) is 22.6 Å². The van der Waals surface area contributed by atoms with E-state index in [2.05, 4.69) is 38.5 Å². The zero-order chi connectivity index (χ0) is 28.2. The summed E-state index contributed by atoms with van der Waals surface area (Å²) in [6, 6.07) is 32.2. The Hall–Kier alpha value is -4.75. The number of nitrogens with one attached hydrogen (secondary N) is 2. The summed E-state index contributed by atoms with van der Waals surface area (Å²) in [7, 11) is 0. The molecular formula is C32H18AlBrN8+2. The largest absolute Gasteiger partial charge is 0.324 e. The number of H-pyrrole nitrogens is 2. The molecule has 2 aliphatic rings. The first-order valence-corrected chi connectivity index (χ1v) is 16.4. The number of aromatic amines is 2. The Morgan fingerprint density at radius 2 is 0.595 bits per heavy atom. The van der Waals surface area contributed by atoms with E-state index in [-0.39, 0.29) is 0 Å². The van der Waals surface area contributed by atoms with Crippen LogP contribution in [0.4, 0.5) is 0 Å². The van der Waals surface area contributed by atoms with Crippen molar-refractivity contribution < 1.29 is 0 Å². The molecule has 8 nitrogen and oxygen atoms in total. The van der Waals surface area contributed by atoms with Crippen molar-refractivity contribution in [2.24, 2.45) is 0 Å². The molecule has 0 amide bonds. The summed E-state index contributed by atoms with van der Waals surface area (Å²) in [5.74, 6) is 2.39. The molecule has 5 heterocycles. The molecule has 0 fully saturated rings. The molecule has 0 aliphatic carbocycles. The van der Waals surface area contributed by atoms with Crippen LogP contribution in [0.2, 0.25) is 0 Å². The van der Waals surface area contributed by atoms with Gasteiger partial charge < -0.3 is 9.97 Å². The molecule has 42 heavy (non-hydrogen) atoms. The van der Waals surface area contributed by atoms with Crippen LogP contribution in [-0.2, 0) is 0 Å². The van der Waals surface area contributed by atoms with E-state index < -0.39 is 0 Å². The first-order chi connectivity index (χ1) is 20.8. The first-order valence-electron chi connectivity index (χ1n) is 13.2. The van der Waals surface area contributed by atoms with Crippen LogP contribution in [0.25, 0.3) is 89.7 Å². The Labute approximate surface area is 254 Å². The number of aromatic nitrogens is 8. The predicted octanol–water partition coefficient (Wildman–Crippen LogP) is 7.33. The van der Waals surface area contributed by atoms with E-state index in [9.17, 15) is 0 Å². The predicted molar refractivity (Wildman–Crippen MR) is 171 cm³/mol. The molecule has 0 saturated carbocycles. The van der Waals surface area contributed by atoms with Crippen LogP contribution in [-0.4, -0.2) is 54.3 Å². The molecule has 10 heteroatoms. The Morgan fingerprint density at radius 3 is 0.857 bits per heavy atom. The molecule has 4 aromatic carbocycles. The average molecular weight is 621 g/mol. The number of fused-ring (bicyclic) bond motifs is 20. The molecule has 0 saturated heterocycles. The van der Waals surface area contributed by atoms with Crippen LogP contribution in [0.1, 0.15) is 0 Å². The molecule has 2 aliphatic heterocycles. The normalized spacial score (nSPS) is 11.6. The third-order valence-electron chi connectivity index (χ3n) is 7.46. The SMILES string of the molecule is [Al+2][Br].c1ccc2c(c1)-c1nc-2nc2[nH]c(nc3nc(nc4[nH]c(n1)c1ccccc41)-c1ccccc1-3)c1ccccc21. The van der Waals surface area contributed by atoms with Crippen molar-refractivity contribution in [2.75, 3.05) is 0 Å². The zero-order valence-electron chi connectivity index (χ0n) is 21.9. The van der Waals surface area contributed by atoms with Crippen molar-refractivity contribution in [1.82, 2.24) is 39.9 Å². The number of hydrogen-bond acceptors (Lipinski definition) is 6. The maximum atomic E-state index is 5.02. The van der Waals surface area contributed by atoms with Gasteiger partial charge in [-0.3, -0.25) is 0 Å². The van der Waals surface area contributed by atoms with Crippen molar-refractivity contribution in [2.45, 2.75) is 0 Å². The third-order valence-corrected chi connectivity index (χ3v) is 7.46. The van der Waals surface area contributed by atoms with Gasteiger partial charge >= 0.3 is 28.5 Å². The molecule has 0 radical (unpaired) electrons. The Kier molecular flexibility index (Phi) is 5.93. The zero-order valence-corrected chi connectivity index (χ0v) is 24.6. The minimum absolute atomic E-state index is 0.597. The second-order valence-corrected chi connectivity index (χ2v) is 9.79. The summed E-state index contributed by atoms with van der Waals surface area (Å²) in [4.78, 5) is 36.8. The number of nitrogens with zero attached hydrogens (tertiary/aromatic N) is 6. The van der Waals surface area contributed by atoms with E-state index in [0.717, 1.165) is 43.8 Å². The summed E-state index contributed by atoms with van der Waals surface area (Å²) in [5, 5.41) is 3.82. The molecule has 8 bridgehead atoms. The minimum atomic E-state index is 0.597. The Morgan fingerprint density at radius 1 is 0.357 bits per heavy atom. The van der Waals surface area contributed by atoms with E-state index in [1.807, 2.05) is 97.1 Å². The smallest absolute Gasteiger partial charge is 0.164 e. The standard InChI is InChI=1S/C32H18N8.Al.BrH/c1-2-10-18-17(9-1)25-33-26(18)38-28-21-13-5-6-14-22(21)30(35-28)40-32-24-16-8-7-15-23(24)31(36-32)39-29-20-12-4-3-11-19(20)27(34-29)37-25;;/h1-16H,(H2,33,34,35,36,37,38,39,40);;1H/q;+3;/p-1. The summed E-state index contributed by atoms with van der Waals surface area (Å²) < 4.78 is 0. The fourth-order valence-corrected chi connectivity index (χ4v) is 5.59. The molecule has 3 aromatic heterocycles. The van der Waals surface area contributed by atoms with Crippen LogP contribution in [0.15, 0.2) is 97.1 Å². The number of benzene rings is 4. The van der Waals surface area contributed by atoms with Gasteiger partial charge in [0.05, 0.1) is 0 Å². The van der Waals surface area contributed by atoms with Gasteiger partial charge in [-0.2, -0.15) is 0 Å². The van der Waals surface area contributed by atoms with Crippen LogP contribution in [0.5, 0.6) is 0 Å². The Bertz CT molecular complexity index is 2040. The van der Waals surface area contributed by atoms with Gasteiger partial charge in [-0.15, -0.1) is 0 Å². The van der Waals surface area contributed by atoms with Crippen LogP contribution >= 0.6 is 14.1 Å². The van der Waals surface area contributed by atoms with Gasteiger partial charge in [-0.25, -0.2) is 29.9 Å². The quantitative estimate of drug-likeness (QED) is 0.172. The van der Waals surface area contributed by atoms with E-state index in [1.165, 1.54) is 0 Å².